The topological polar surface area (TPSA) is 9.72 Å². The van der Waals surface area contributed by atoms with Crippen LogP contribution in [0.3, 0.4) is 0 Å². The number of nitrogens with zero attached hydrogens (tertiary/aromatic N) is 3. The molecule has 0 saturated heterocycles. The zero-order valence-corrected chi connectivity index (χ0v) is 42.6. The van der Waals surface area contributed by atoms with Crippen LogP contribution in [0.15, 0.2) is 121 Å². The summed E-state index contributed by atoms with van der Waals surface area (Å²) in [5.74, 6) is 6.05. The summed E-state index contributed by atoms with van der Waals surface area (Å²) in [6, 6.07) is 50.5. The zero-order valence-electron chi connectivity index (χ0n) is 41.6. The van der Waals surface area contributed by atoms with Crippen molar-refractivity contribution in [1.82, 2.24) is 0 Å². The molecule has 9 aliphatic carbocycles. The van der Waals surface area contributed by atoms with E-state index < -0.39 is 8.07 Å². The molecule has 0 N–H and O–H groups in total. The smallest absolute Gasteiger partial charge is 0.251 e. The van der Waals surface area contributed by atoms with Gasteiger partial charge < -0.3 is 14.7 Å². The summed E-state index contributed by atoms with van der Waals surface area (Å²) in [4.78, 5) is 8.39. The van der Waals surface area contributed by atoms with Gasteiger partial charge in [0.05, 0.1) is 5.54 Å². The average molecular weight is 926 g/mol. The molecule has 0 amide bonds. The van der Waals surface area contributed by atoms with Crippen LogP contribution in [-0.2, 0) is 16.2 Å². The van der Waals surface area contributed by atoms with Crippen molar-refractivity contribution in [2.24, 2.45) is 46.3 Å². The van der Waals surface area contributed by atoms with Gasteiger partial charge in [-0.25, -0.2) is 0 Å². The molecule has 6 aromatic carbocycles. The maximum Gasteiger partial charge on any atom is 0.251 e. The Morgan fingerprint density at radius 3 is 1.67 bits per heavy atom. The molecule has 4 aliphatic heterocycles. The molecule has 19 rings (SSSR count). The summed E-state index contributed by atoms with van der Waals surface area (Å²) >= 11 is 0. The number of rotatable bonds is 5. The lowest BCUT2D eigenvalue weighted by Gasteiger charge is -2.91. The minimum absolute atomic E-state index is 0.0467. The Kier molecular flexibility index (Phi) is 6.40. The van der Waals surface area contributed by atoms with Crippen LogP contribution in [0.5, 0.6) is 0 Å². The van der Waals surface area contributed by atoms with E-state index in [1.165, 1.54) is 140 Å². The molecular formula is C65H64BN3Si. The highest BCUT2D eigenvalue weighted by Crippen LogP contribution is 2.92. The van der Waals surface area contributed by atoms with Crippen molar-refractivity contribution in [3.8, 4) is 0 Å². The van der Waals surface area contributed by atoms with Gasteiger partial charge in [-0.3, -0.25) is 0 Å². The van der Waals surface area contributed by atoms with Crippen LogP contribution in [-0.4, -0.2) is 20.3 Å². The van der Waals surface area contributed by atoms with Gasteiger partial charge in [-0.05, 0) is 217 Å². The second-order valence-corrected chi connectivity index (χ2v) is 31.7. The van der Waals surface area contributed by atoms with Crippen LogP contribution in [0.1, 0.15) is 114 Å². The van der Waals surface area contributed by atoms with Gasteiger partial charge in [-0.1, -0.05) is 110 Å². The first-order chi connectivity index (χ1) is 34.0. The summed E-state index contributed by atoms with van der Waals surface area (Å²) < 4.78 is 0. The first-order valence-corrected chi connectivity index (χ1v) is 31.2. The van der Waals surface area contributed by atoms with Gasteiger partial charge in [0.15, 0.2) is 0 Å². The fourth-order valence-electron chi connectivity index (χ4n) is 22.8. The Balaban J connectivity index is 0.851. The monoisotopic (exact) mass is 925 g/mol. The first kappa shape index (κ1) is 38.6. The zero-order chi connectivity index (χ0) is 45.8. The molecule has 0 aromatic heterocycles. The molecule has 6 aromatic rings. The van der Waals surface area contributed by atoms with Gasteiger partial charge in [0.2, 0.25) is 0 Å². The molecule has 9 fully saturated rings. The predicted octanol–water partition coefficient (Wildman–Crippen LogP) is 12.4. The average Bonchev–Trinajstić information content (AvgIpc) is 3.93. The fraction of sp³-hybridized carbons (Fsp3) is 0.446. The highest BCUT2D eigenvalue weighted by molar-refractivity contribution is 7.16. The van der Waals surface area contributed by atoms with Crippen molar-refractivity contribution >= 4 is 87.0 Å². The Morgan fingerprint density at radius 1 is 0.514 bits per heavy atom. The lowest BCUT2D eigenvalue weighted by atomic mass is 9.12. The Labute approximate surface area is 416 Å². The molecule has 2 bridgehead atoms. The van der Waals surface area contributed by atoms with Gasteiger partial charge in [0.25, 0.3) is 6.71 Å². The van der Waals surface area contributed by atoms with Crippen LogP contribution in [0.4, 0.5) is 45.5 Å². The third-order valence-electron chi connectivity index (χ3n) is 25.7. The van der Waals surface area contributed by atoms with E-state index in [2.05, 4.69) is 163 Å². The van der Waals surface area contributed by atoms with Crippen LogP contribution < -0.4 is 41.5 Å². The van der Waals surface area contributed by atoms with E-state index in [-0.39, 0.29) is 17.7 Å². The van der Waals surface area contributed by atoms with Crippen molar-refractivity contribution in [3.63, 3.8) is 0 Å². The number of anilines is 8. The quantitative estimate of drug-likeness (QED) is 0.159. The molecule has 4 heterocycles. The normalized spacial score (nSPS) is 40.2. The number of hydrogen-bond donors (Lipinski definition) is 0. The van der Waals surface area contributed by atoms with Crippen LogP contribution in [0, 0.1) is 46.3 Å². The molecular weight excluding hydrogens is 862 g/mol. The van der Waals surface area contributed by atoms with E-state index in [4.69, 9.17) is 0 Å². The second kappa shape index (κ2) is 11.6. The number of para-hydroxylation sites is 1. The van der Waals surface area contributed by atoms with Gasteiger partial charge in [-0.2, -0.15) is 0 Å². The summed E-state index contributed by atoms with van der Waals surface area (Å²) in [6.45, 7) is 10.7. The molecule has 3 nitrogen and oxygen atoms in total. The van der Waals surface area contributed by atoms with Gasteiger partial charge in [-0.15, -0.1) is 0 Å². The molecule has 70 heavy (non-hydrogen) atoms. The van der Waals surface area contributed by atoms with Crippen LogP contribution in [0.25, 0.3) is 0 Å². The second-order valence-electron chi connectivity index (χ2n) is 27.4. The van der Waals surface area contributed by atoms with E-state index in [1.807, 2.05) is 0 Å². The van der Waals surface area contributed by atoms with Crippen molar-refractivity contribution in [2.45, 2.75) is 132 Å². The standard InChI is InChI=1S/C65H64BN3Si/c1-60-25-7-8-26-61(60,2)69(50-12-6-5-11-49(50)60)48-31-53-57-54(32-48)68(47-23-19-39(20-24-47)63-35-44-29-41-30-45(36-63)65(41,44)63)52-14-10-16-56-59(52)66(57)58-51(13-9-15-55(58)70(56,3)4)67(53)46-21-17-38(18-22-46)62-33-42-27-40-28-43(34-62)64(40,42)37-62/h5-6,9-24,31-32,40-45H,7-8,25-30,33-37H2,1-4H3. The number of fused-ring (bicyclic) bond motifs is 4. The molecule has 346 valence electrons. The summed E-state index contributed by atoms with van der Waals surface area (Å²) in [5, 5.41) is 3.24. The van der Waals surface area contributed by atoms with Crippen LogP contribution >= 0.6 is 0 Å². The van der Waals surface area contributed by atoms with Crippen molar-refractivity contribution < 1.29 is 0 Å². The van der Waals surface area contributed by atoms with Crippen molar-refractivity contribution in [1.29, 1.82) is 0 Å². The molecule has 5 heteroatoms. The number of hydrogen-bond acceptors (Lipinski definition) is 3. The van der Waals surface area contributed by atoms with Crippen molar-refractivity contribution in [2.75, 3.05) is 14.7 Å². The summed E-state index contributed by atoms with van der Waals surface area (Å²) in [5.41, 5.74) is 22.7. The van der Waals surface area contributed by atoms with E-state index in [0.29, 0.717) is 16.2 Å². The first-order valence-electron chi connectivity index (χ1n) is 28.2. The highest BCUT2D eigenvalue weighted by Gasteiger charge is 2.87. The molecule has 13 aliphatic rings. The lowest BCUT2D eigenvalue weighted by molar-refractivity contribution is -0.395. The maximum absolute atomic E-state index is 2.86. The minimum Gasteiger partial charge on any atom is -0.334 e. The van der Waals surface area contributed by atoms with E-state index in [0.717, 1.165) is 40.9 Å². The minimum atomic E-state index is -2.13. The molecule has 6 unspecified atom stereocenters. The molecule has 9 saturated carbocycles. The van der Waals surface area contributed by atoms with E-state index in [9.17, 15) is 0 Å². The summed E-state index contributed by atoms with van der Waals surface area (Å²) in [7, 11) is -2.13. The molecule has 6 atom stereocenters. The lowest BCUT2D eigenvalue weighted by Crippen LogP contribution is -2.87. The maximum atomic E-state index is 2.86. The SMILES string of the molecule is CC12CCCCC1(C)N(c1cc3c4c(c1)N(c1ccc(C56CC7CC8CC(C5)C876)cc1)c1cccc5c1B4c1c(cccc1[Si]5(C)C)N3c1ccc(C34CC5CC6CC(C3)C65C4)cc1)c1ccccc12. The number of benzene rings is 6. The Hall–Kier alpha value is -5.00. The van der Waals surface area contributed by atoms with E-state index >= 15 is 0 Å². The fourth-order valence-corrected chi connectivity index (χ4v) is 26.0. The largest absolute Gasteiger partial charge is 0.334 e. The third kappa shape index (κ3) is 3.72. The highest BCUT2D eigenvalue weighted by atomic mass is 28.3. The predicted molar refractivity (Wildman–Crippen MR) is 291 cm³/mol. The van der Waals surface area contributed by atoms with Crippen molar-refractivity contribution in [3.05, 3.63) is 138 Å². The Bertz CT molecular complexity index is 3400. The van der Waals surface area contributed by atoms with E-state index in [1.54, 1.807) is 32.4 Å². The van der Waals surface area contributed by atoms with Gasteiger partial charge in [0.1, 0.15) is 8.07 Å². The summed E-state index contributed by atoms with van der Waals surface area (Å²) in [6.07, 6.45) is 18.2. The Morgan fingerprint density at radius 2 is 1.09 bits per heavy atom. The molecule has 0 radical (unpaired) electrons. The van der Waals surface area contributed by atoms with Gasteiger partial charge >= 0.3 is 0 Å². The van der Waals surface area contributed by atoms with Crippen LogP contribution in [0.2, 0.25) is 13.1 Å². The van der Waals surface area contributed by atoms with Gasteiger partial charge in [0, 0.05) is 56.3 Å². The third-order valence-corrected chi connectivity index (χ3v) is 29.2. The molecule has 2 spiro atoms.